The van der Waals surface area contributed by atoms with Gasteiger partial charge in [-0.15, -0.1) is 10.2 Å². The van der Waals surface area contributed by atoms with E-state index in [0.29, 0.717) is 5.92 Å². The minimum atomic E-state index is 0.517. The molecular weight excluding hydrogens is 360 g/mol. The molecule has 6 heteroatoms. The normalized spacial score (nSPS) is 18.9. The minimum Gasteiger partial charge on any atom is -0.191 e. The topological polar surface area (TPSA) is 43.1 Å². The summed E-state index contributed by atoms with van der Waals surface area (Å²) in [4.78, 5) is 0. The van der Waals surface area contributed by atoms with E-state index in [1.807, 2.05) is 4.68 Å². The van der Waals surface area contributed by atoms with Crippen LogP contribution >= 0.6 is 27.7 Å². The van der Waals surface area contributed by atoms with E-state index in [1.54, 1.807) is 11.8 Å². The lowest BCUT2D eigenvalue weighted by molar-refractivity contribution is 0.417. The van der Waals surface area contributed by atoms with E-state index in [4.69, 9.17) is 5.10 Å². The third-order valence-electron chi connectivity index (χ3n) is 4.34. The third-order valence-corrected chi connectivity index (χ3v) is 5.80. The van der Waals surface area contributed by atoms with Gasteiger partial charge in [-0.25, -0.2) is 0 Å². The Hall–Kier alpha value is -1.14. The summed E-state index contributed by atoms with van der Waals surface area (Å²) in [6.45, 7) is 0. The van der Waals surface area contributed by atoms with Crippen LogP contribution < -0.4 is 0 Å². The molecule has 0 radical (unpaired) electrons. The molecule has 0 spiro atoms. The second-order valence-corrected chi connectivity index (χ2v) is 7.69. The van der Waals surface area contributed by atoms with Crippen molar-refractivity contribution < 1.29 is 0 Å². The van der Waals surface area contributed by atoms with Crippen LogP contribution in [0, 0.1) is 0 Å². The van der Waals surface area contributed by atoms with Crippen LogP contribution in [-0.4, -0.2) is 26.3 Å². The van der Waals surface area contributed by atoms with Crippen molar-refractivity contribution in [3.05, 3.63) is 40.1 Å². The highest BCUT2D eigenvalue weighted by Gasteiger charge is 2.26. The van der Waals surface area contributed by atoms with Gasteiger partial charge in [0.25, 0.3) is 0 Å². The van der Waals surface area contributed by atoms with E-state index in [0.717, 1.165) is 26.9 Å². The first-order chi connectivity index (χ1) is 10.8. The van der Waals surface area contributed by atoms with Crippen LogP contribution in [0.4, 0.5) is 0 Å². The smallest absolute Gasteiger partial charge is 0.191 e. The molecule has 1 aromatic heterocycles. The van der Waals surface area contributed by atoms with Gasteiger partial charge in [0.1, 0.15) is 0 Å². The van der Waals surface area contributed by atoms with Gasteiger partial charge in [0.15, 0.2) is 5.82 Å². The molecule has 1 fully saturated rings. The van der Waals surface area contributed by atoms with E-state index in [2.05, 4.69) is 50.4 Å². The highest BCUT2D eigenvalue weighted by Crippen LogP contribution is 2.34. The molecule has 4 nitrogen and oxygen atoms in total. The van der Waals surface area contributed by atoms with Gasteiger partial charge in [0.05, 0.1) is 5.71 Å². The summed E-state index contributed by atoms with van der Waals surface area (Å²) < 4.78 is 3.08. The van der Waals surface area contributed by atoms with Crippen LogP contribution in [0.1, 0.15) is 49.4 Å². The van der Waals surface area contributed by atoms with Crippen LogP contribution in [0.3, 0.4) is 0 Å². The van der Waals surface area contributed by atoms with Gasteiger partial charge in [0.2, 0.25) is 5.16 Å². The molecule has 0 unspecified atom stereocenters. The van der Waals surface area contributed by atoms with Crippen LogP contribution in [0.15, 0.2) is 39.0 Å². The maximum atomic E-state index is 4.85. The number of hydrogen-bond acceptors (Lipinski definition) is 4. The van der Waals surface area contributed by atoms with Crippen LogP contribution in [0.5, 0.6) is 0 Å². The molecule has 0 amide bonds. The number of fused-ring (bicyclic) bond motifs is 1. The van der Waals surface area contributed by atoms with Gasteiger partial charge in [-0.3, -0.25) is 0 Å². The summed E-state index contributed by atoms with van der Waals surface area (Å²) in [5.41, 5.74) is 2.27. The molecule has 0 bridgehead atoms. The Morgan fingerprint density at radius 2 is 1.82 bits per heavy atom. The van der Waals surface area contributed by atoms with E-state index in [-0.39, 0.29) is 0 Å². The monoisotopic (exact) mass is 376 g/mol. The van der Waals surface area contributed by atoms with Crippen molar-refractivity contribution in [1.82, 2.24) is 14.9 Å². The number of hydrogen-bond donors (Lipinski definition) is 0. The Morgan fingerprint density at radius 1 is 1.05 bits per heavy atom. The Bertz CT molecular complexity index is 701. The zero-order valence-corrected chi connectivity index (χ0v) is 14.6. The Labute approximate surface area is 142 Å². The van der Waals surface area contributed by atoms with E-state index >= 15 is 0 Å². The first-order valence-corrected chi connectivity index (χ1v) is 9.51. The maximum absolute atomic E-state index is 4.85. The number of thioether (sulfide) groups is 1. The van der Waals surface area contributed by atoms with Gasteiger partial charge in [0, 0.05) is 16.1 Å². The highest BCUT2D eigenvalue weighted by molar-refractivity contribution is 9.10. The molecule has 1 aromatic carbocycles. The molecule has 2 aromatic rings. The van der Waals surface area contributed by atoms with Crippen LogP contribution in [0.25, 0.3) is 0 Å². The predicted molar refractivity (Wildman–Crippen MR) is 92.6 cm³/mol. The number of halogens is 1. The molecular formula is C16H17BrN4S. The molecule has 0 atom stereocenters. The quantitative estimate of drug-likeness (QED) is 0.777. The molecule has 22 heavy (non-hydrogen) atoms. The molecule has 4 rings (SSSR count). The van der Waals surface area contributed by atoms with Crippen molar-refractivity contribution in [1.29, 1.82) is 0 Å². The fourth-order valence-corrected chi connectivity index (χ4v) is 4.25. The molecule has 1 aliphatic heterocycles. The Kier molecular flexibility index (Phi) is 4.05. The zero-order valence-electron chi connectivity index (χ0n) is 12.2. The number of benzene rings is 1. The lowest BCUT2D eigenvalue weighted by Crippen LogP contribution is -2.17. The Morgan fingerprint density at radius 3 is 2.59 bits per heavy atom. The lowest BCUT2D eigenvalue weighted by Gasteiger charge is -2.21. The Balaban J connectivity index is 1.69. The van der Waals surface area contributed by atoms with E-state index < -0.39 is 0 Å². The van der Waals surface area contributed by atoms with Gasteiger partial charge in [-0.1, -0.05) is 59.1 Å². The van der Waals surface area contributed by atoms with Crippen LogP contribution in [-0.2, 0) is 0 Å². The zero-order chi connectivity index (χ0) is 14.9. The van der Waals surface area contributed by atoms with Crippen molar-refractivity contribution in [2.45, 2.75) is 43.2 Å². The molecule has 114 valence electrons. The van der Waals surface area contributed by atoms with Crippen molar-refractivity contribution in [2.24, 2.45) is 5.10 Å². The second kappa shape index (κ2) is 6.16. The molecule has 1 saturated carbocycles. The average Bonchev–Trinajstić information content (AvgIpc) is 2.99. The first kappa shape index (κ1) is 14.5. The number of nitrogens with zero attached hydrogens (tertiary/aromatic N) is 4. The minimum absolute atomic E-state index is 0.517. The number of rotatable bonds is 2. The summed E-state index contributed by atoms with van der Waals surface area (Å²) in [6.07, 6.45) is 6.37. The number of aromatic nitrogens is 3. The van der Waals surface area contributed by atoms with Crippen molar-refractivity contribution in [3.8, 4) is 0 Å². The van der Waals surface area contributed by atoms with Gasteiger partial charge in [-0.2, -0.15) is 9.78 Å². The molecule has 1 aliphatic carbocycles. The fraction of sp³-hybridized carbons (Fsp3) is 0.438. The first-order valence-electron chi connectivity index (χ1n) is 7.73. The van der Waals surface area contributed by atoms with Gasteiger partial charge < -0.3 is 0 Å². The molecule has 2 heterocycles. The summed E-state index contributed by atoms with van der Waals surface area (Å²) >= 11 is 5.21. The van der Waals surface area contributed by atoms with Crippen molar-refractivity contribution in [3.63, 3.8) is 0 Å². The van der Waals surface area contributed by atoms with Crippen LogP contribution in [0.2, 0.25) is 0 Å². The van der Waals surface area contributed by atoms with E-state index in [9.17, 15) is 0 Å². The maximum Gasteiger partial charge on any atom is 0.212 e. The average molecular weight is 377 g/mol. The molecule has 0 saturated heterocycles. The lowest BCUT2D eigenvalue weighted by atomic mass is 9.89. The standard InChI is InChI=1S/C16H17BrN4S/c17-13-8-6-11(7-9-13)14-10-22-16-19-18-15(21(16)20-14)12-4-2-1-3-5-12/h6-9,12H,1-5,10H2. The molecule has 2 aliphatic rings. The summed E-state index contributed by atoms with van der Waals surface area (Å²) in [6, 6.07) is 8.34. The summed E-state index contributed by atoms with van der Waals surface area (Å²) in [5.74, 6) is 2.42. The van der Waals surface area contributed by atoms with Crippen molar-refractivity contribution in [2.75, 3.05) is 5.75 Å². The second-order valence-electron chi connectivity index (χ2n) is 5.83. The summed E-state index contributed by atoms with van der Waals surface area (Å²) in [5, 5.41) is 14.6. The fourth-order valence-electron chi connectivity index (χ4n) is 3.14. The third kappa shape index (κ3) is 2.74. The van der Waals surface area contributed by atoms with Gasteiger partial charge in [-0.05, 0) is 30.5 Å². The molecule has 0 N–H and O–H groups in total. The largest absolute Gasteiger partial charge is 0.212 e. The highest BCUT2D eigenvalue weighted by atomic mass is 79.9. The SMILES string of the molecule is Brc1ccc(C2=Nn3c(nnc3C3CCCCC3)SC2)cc1. The van der Waals surface area contributed by atoms with E-state index in [1.165, 1.54) is 37.7 Å². The van der Waals surface area contributed by atoms with Gasteiger partial charge >= 0.3 is 0 Å². The summed E-state index contributed by atoms with van der Waals surface area (Å²) in [7, 11) is 0. The van der Waals surface area contributed by atoms with Crippen molar-refractivity contribution >= 4 is 33.4 Å². The predicted octanol–water partition coefficient (Wildman–Crippen LogP) is 4.45.